The lowest BCUT2D eigenvalue weighted by Crippen LogP contribution is -2.09. The lowest BCUT2D eigenvalue weighted by molar-refractivity contribution is -0.388. The van der Waals surface area contributed by atoms with Crippen LogP contribution in [0.1, 0.15) is 10.4 Å². The van der Waals surface area contributed by atoms with E-state index in [9.17, 15) is 19.7 Å². The van der Waals surface area contributed by atoms with Crippen LogP contribution >= 0.6 is 11.8 Å². The van der Waals surface area contributed by atoms with Gasteiger partial charge >= 0.3 is 5.97 Å². The van der Waals surface area contributed by atoms with E-state index in [2.05, 4.69) is 9.97 Å². The number of aromatic carboxylic acids is 1. The molecule has 9 nitrogen and oxygen atoms in total. The van der Waals surface area contributed by atoms with E-state index < -0.39 is 27.7 Å². The Balaban J connectivity index is 2.54. The van der Waals surface area contributed by atoms with Crippen LogP contribution in [0.3, 0.4) is 0 Å². The van der Waals surface area contributed by atoms with Crippen molar-refractivity contribution in [3.8, 4) is 0 Å². The maximum atomic E-state index is 11.3. The number of carboxylic acids is 1. The standard InChI is InChI=1S/C11H8N4O5S/c12-7-4-8(16)14-11(13-7)21-6-3-1-2-5(10(17)18)9(6)15(19)20/h1-4H,(H,17,18)(H3,12,13,14,16). The SMILES string of the molecule is Nc1cc(=O)[nH]c(Sc2cccc(C(=O)O)c2[N+](=O)[O-])n1. The molecule has 0 aliphatic rings. The molecule has 0 amide bonds. The lowest BCUT2D eigenvalue weighted by Gasteiger charge is -2.05. The normalized spacial score (nSPS) is 10.3. The van der Waals surface area contributed by atoms with Gasteiger partial charge in [0.2, 0.25) is 0 Å². The highest BCUT2D eigenvalue weighted by Gasteiger charge is 2.25. The first-order chi connectivity index (χ1) is 9.88. The van der Waals surface area contributed by atoms with Gasteiger partial charge < -0.3 is 15.8 Å². The number of H-pyrrole nitrogens is 1. The van der Waals surface area contributed by atoms with Crippen molar-refractivity contribution < 1.29 is 14.8 Å². The van der Waals surface area contributed by atoms with E-state index in [1.54, 1.807) is 0 Å². The second kappa shape index (κ2) is 5.63. The Bertz CT molecular complexity index is 788. The molecule has 0 atom stereocenters. The highest BCUT2D eigenvalue weighted by atomic mass is 32.2. The zero-order valence-electron chi connectivity index (χ0n) is 10.3. The molecule has 0 fully saturated rings. The van der Waals surface area contributed by atoms with Gasteiger partial charge in [-0.2, -0.15) is 0 Å². The largest absolute Gasteiger partial charge is 0.477 e. The molecule has 0 spiro atoms. The molecule has 10 heteroatoms. The summed E-state index contributed by atoms with van der Waals surface area (Å²) >= 11 is 0.751. The van der Waals surface area contributed by atoms with Crippen LogP contribution in [0, 0.1) is 10.1 Å². The fourth-order valence-corrected chi connectivity index (χ4v) is 2.51. The Morgan fingerprint density at radius 3 is 2.76 bits per heavy atom. The number of aromatic nitrogens is 2. The van der Waals surface area contributed by atoms with Crippen LogP contribution in [0.4, 0.5) is 11.5 Å². The van der Waals surface area contributed by atoms with Crippen LogP contribution in [0.5, 0.6) is 0 Å². The minimum Gasteiger partial charge on any atom is -0.477 e. The lowest BCUT2D eigenvalue weighted by atomic mass is 10.2. The van der Waals surface area contributed by atoms with Crippen molar-refractivity contribution in [1.82, 2.24) is 9.97 Å². The van der Waals surface area contributed by atoms with Crippen molar-refractivity contribution >= 4 is 29.2 Å². The molecule has 1 aromatic carbocycles. The molecule has 0 radical (unpaired) electrons. The molecule has 0 aliphatic carbocycles. The second-order valence-corrected chi connectivity index (χ2v) is 4.82. The fraction of sp³-hybridized carbons (Fsp3) is 0. The highest BCUT2D eigenvalue weighted by Crippen LogP contribution is 2.35. The number of nitrogens with one attached hydrogen (secondary N) is 1. The van der Waals surface area contributed by atoms with Gasteiger partial charge in [-0.05, 0) is 23.9 Å². The zero-order chi connectivity index (χ0) is 15.6. The summed E-state index contributed by atoms with van der Waals surface area (Å²) in [5.41, 5.74) is 3.89. The van der Waals surface area contributed by atoms with Crippen molar-refractivity contribution in [2.24, 2.45) is 0 Å². The molecule has 1 aromatic heterocycles. The molecular formula is C11H8N4O5S. The molecule has 0 saturated heterocycles. The second-order valence-electron chi connectivity index (χ2n) is 3.79. The van der Waals surface area contributed by atoms with Gasteiger partial charge in [0, 0.05) is 6.07 Å². The number of aromatic amines is 1. The molecule has 21 heavy (non-hydrogen) atoms. The number of hydrogen-bond donors (Lipinski definition) is 3. The Kier molecular flexibility index (Phi) is 3.89. The number of nitrogens with zero attached hydrogens (tertiary/aromatic N) is 2. The molecule has 108 valence electrons. The van der Waals surface area contributed by atoms with Crippen molar-refractivity contribution in [2.75, 3.05) is 5.73 Å². The summed E-state index contributed by atoms with van der Waals surface area (Å²) in [4.78, 5) is 38.8. The number of para-hydroxylation sites is 1. The van der Waals surface area contributed by atoms with E-state index in [4.69, 9.17) is 10.8 Å². The molecule has 2 rings (SSSR count). The minimum absolute atomic E-state index is 0.0330. The Morgan fingerprint density at radius 1 is 1.48 bits per heavy atom. The Morgan fingerprint density at radius 2 is 2.19 bits per heavy atom. The number of nitrogen functional groups attached to an aromatic ring is 1. The predicted molar refractivity (Wildman–Crippen MR) is 73.4 cm³/mol. The molecule has 0 saturated carbocycles. The van der Waals surface area contributed by atoms with E-state index >= 15 is 0 Å². The average Bonchev–Trinajstić information content (AvgIpc) is 2.36. The quantitative estimate of drug-likeness (QED) is 0.431. The average molecular weight is 308 g/mol. The number of nitro groups is 1. The first-order valence-electron chi connectivity index (χ1n) is 5.44. The summed E-state index contributed by atoms with van der Waals surface area (Å²) < 4.78 is 0. The molecule has 0 aliphatic heterocycles. The van der Waals surface area contributed by atoms with Crippen LogP contribution in [0.15, 0.2) is 39.1 Å². The smallest absolute Gasteiger partial charge is 0.342 e. The fourth-order valence-electron chi connectivity index (χ4n) is 1.57. The van der Waals surface area contributed by atoms with Crippen molar-refractivity contribution in [3.63, 3.8) is 0 Å². The van der Waals surface area contributed by atoms with Gasteiger partial charge in [0.05, 0.1) is 9.82 Å². The van der Waals surface area contributed by atoms with Crippen LogP contribution in [-0.4, -0.2) is 26.0 Å². The third-order valence-electron chi connectivity index (χ3n) is 2.36. The van der Waals surface area contributed by atoms with Crippen molar-refractivity contribution in [1.29, 1.82) is 0 Å². The van der Waals surface area contributed by atoms with E-state index in [1.165, 1.54) is 12.1 Å². The molecule has 4 N–H and O–H groups in total. The summed E-state index contributed by atoms with van der Waals surface area (Å²) in [6, 6.07) is 4.91. The number of nitro benzene ring substituents is 1. The third-order valence-corrected chi connectivity index (χ3v) is 3.29. The van der Waals surface area contributed by atoms with Gasteiger partial charge in [-0.25, -0.2) is 9.78 Å². The Hall–Kier alpha value is -2.88. The number of benzene rings is 1. The molecule has 0 bridgehead atoms. The maximum absolute atomic E-state index is 11.3. The number of rotatable bonds is 4. The van der Waals surface area contributed by atoms with Gasteiger partial charge in [0.15, 0.2) is 5.16 Å². The van der Waals surface area contributed by atoms with Crippen LogP contribution in [0.25, 0.3) is 0 Å². The van der Waals surface area contributed by atoms with Gasteiger partial charge in [-0.15, -0.1) is 0 Å². The number of carboxylic acid groups (broad SMARTS) is 1. The maximum Gasteiger partial charge on any atom is 0.342 e. The third kappa shape index (κ3) is 3.17. The van der Waals surface area contributed by atoms with E-state index in [1.807, 2.05) is 0 Å². The zero-order valence-corrected chi connectivity index (χ0v) is 11.1. The highest BCUT2D eigenvalue weighted by molar-refractivity contribution is 7.99. The predicted octanol–water partition coefficient (Wildman–Crippen LogP) is 1.11. The molecule has 0 unspecified atom stereocenters. The summed E-state index contributed by atoms with van der Waals surface area (Å²) in [6.07, 6.45) is 0. The van der Waals surface area contributed by atoms with Crippen LogP contribution in [-0.2, 0) is 0 Å². The Labute approximate surface area is 121 Å². The van der Waals surface area contributed by atoms with Crippen LogP contribution < -0.4 is 11.3 Å². The van der Waals surface area contributed by atoms with Crippen molar-refractivity contribution in [3.05, 3.63) is 50.3 Å². The van der Waals surface area contributed by atoms with Crippen molar-refractivity contribution in [2.45, 2.75) is 10.1 Å². The van der Waals surface area contributed by atoms with Gasteiger partial charge in [-0.3, -0.25) is 14.9 Å². The monoisotopic (exact) mass is 308 g/mol. The summed E-state index contributed by atoms with van der Waals surface area (Å²) in [5, 5.41) is 20.1. The van der Waals surface area contributed by atoms with E-state index in [0.717, 1.165) is 23.9 Å². The van der Waals surface area contributed by atoms with Gasteiger partial charge in [0.25, 0.3) is 11.2 Å². The first-order valence-corrected chi connectivity index (χ1v) is 6.25. The van der Waals surface area contributed by atoms with Crippen LogP contribution in [0.2, 0.25) is 0 Å². The summed E-state index contributed by atoms with van der Waals surface area (Å²) in [5.74, 6) is -1.46. The summed E-state index contributed by atoms with van der Waals surface area (Å²) in [6.45, 7) is 0. The first kappa shape index (κ1) is 14.5. The summed E-state index contributed by atoms with van der Waals surface area (Å²) in [7, 11) is 0. The van der Waals surface area contributed by atoms with E-state index in [-0.39, 0.29) is 15.9 Å². The number of carbonyl (C=O) groups is 1. The molecule has 1 heterocycles. The van der Waals surface area contributed by atoms with E-state index in [0.29, 0.717) is 0 Å². The van der Waals surface area contributed by atoms with Gasteiger partial charge in [-0.1, -0.05) is 6.07 Å². The topological polar surface area (TPSA) is 152 Å². The van der Waals surface area contributed by atoms with Gasteiger partial charge in [0.1, 0.15) is 11.4 Å². The molecule has 2 aromatic rings. The molecular weight excluding hydrogens is 300 g/mol. The number of hydrogen-bond acceptors (Lipinski definition) is 7. The number of anilines is 1. The minimum atomic E-state index is -1.42. The number of nitrogens with two attached hydrogens (primary N) is 1.